The predicted molar refractivity (Wildman–Crippen MR) is 46.7 cm³/mol. The van der Waals surface area contributed by atoms with Gasteiger partial charge in [-0.25, -0.2) is 0 Å². The monoisotopic (exact) mass is 152 g/mol. The van der Waals surface area contributed by atoms with Gasteiger partial charge in [-0.2, -0.15) is 5.10 Å². The summed E-state index contributed by atoms with van der Waals surface area (Å²) in [4.78, 5) is 0. The highest BCUT2D eigenvalue weighted by atomic mass is 15.5. The Kier molecular flexibility index (Phi) is 2.11. The summed E-state index contributed by atoms with van der Waals surface area (Å²) in [6.07, 6.45) is 10.1. The molecule has 2 rings (SSSR count). The molecule has 2 aliphatic rings. The van der Waals surface area contributed by atoms with Crippen LogP contribution in [0.4, 0.5) is 0 Å². The van der Waals surface area contributed by atoms with E-state index in [4.69, 9.17) is 0 Å². The lowest BCUT2D eigenvalue weighted by Gasteiger charge is -2.32. The fourth-order valence-electron chi connectivity index (χ4n) is 2.04. The van der Waals surface area contributed by atoms with Crippen molar-refractivity contribution in [3.63, 3.8) is 0 Å². The third-order valence-electron chi connectivity index (χ3n) is 2.70. The van der Waals surface area contributed by atoms with Crippen LogP contribution in [0.1, 0.15) is 38.5 Å². The van der Waals surface area contributed by atoms with E-state index in [9.17, 15) is 0 Å². The van der Waals surface area contributed by atoms with Gasteiger partial charge in [0.15, 0.2) is 0 Å². The van der Waals surface area contributed by atoms with Gasteiger partial charge in [-0.05, 0) is 38.5 Å². The quantitative estimate of drug-likeness (QED) is 0.518. The molecule has 0 saturated carbocycles. The average Bonchev–Trinajstić information content (AvgIpc) is 2.28. The molecule has 0 spiro atoms. The number of piperidine rings is 1. The fraction of sp³-hybridized carbons (Fsp3) is 0.889. The van der Waals surface area contributed by atoms with E-state index in [1.54, 1.807) is 0 Å². The Morgan fingerprint density at radius 3 is 3.09 bits per heavy atom. The number of hydrazone groups is 1. The summed E-state index contributed by atoms with van der Waals surface area (Å²) >= 11 is 0. The van der Waals surface area contributed by atoms with Crippen molar-refractivity contribution in [2.45, 2.75) is 44.6 Å². The van der Waals surface area contributed by atoms with Crippen LogP contribution in [0.25, 0.3) is 0 Å². The second-order valence-electron chi connectivity index (χ2n) is 3.54. The lowest BCUT2D eigenvalue weighted by molar-refractivity contribution is 0.150. The lowest BCUT2D eigenvalue weighted by Crippen LogP contribution is -2.34. The van der Waals surface area contributed by atoms with Crippen LogP contribution >= 0.6 is 0 Å². The van der Waals surface area contributed by atoms with Crippen LogP contribution in [0.2, 0.25) is 0 Å². The molecule has 0 N–H and O–H groups in total. The minimum absolute atomic E-state index is 0.780. The highest BCUT2D eigenvalue weighted by molar-refractivity contribution is 5.56. The fourth-order valence-corrected chi connectivity index (χ4v) is 2.04. The van der Waals surface area contributed by atoms with Gasteiger partial charge in [0.1, 0.15) is 0 Å². The van der Waals surface area contributed by atoms with E-state index >= 15 is 0 Å². The van der Waals surface area contributed by atoms with Crippen molar-refractivity contribution in [2.24, 2.45) is 5.10 Å². The van der Waals surface area contributed by atoms with Gasteiger partial charge < -0.3 is 0 Å². The van der Waals surface area contributed by atoms with E-state index in [2.05, 4.69) is 16.3 Å². The molecule has 1 saturated heterocycles. The molecule has 0 bridgehead atoms. The van der Waals surface area contributed by atoms with Crippen molar-refractivity contribution < 1.29 is 0 Å². The first-order valence-electron chi connectivity index (χ1n) is 4.76. The standard InChI is InChI=1S/C9H16N2/c1-3-7-10-11-8-4-2-6-9(11)5-1/h7,9H,1-6,8H2. The van der Waals surface area contributed by atoms with Gasteiger partial charge in [0.2, 0.25) is 0 Å². The molecule has 0 aliphatic carbocycles. The molecule has 2 nitrogen and oxygen atoms in total. The SMILES string of the molecule is C1=NN2CCCCC2CCC1. The van der Waals surface area contributed by atoms with E-state index in [0.717, 1.165) is 6.04 Å². The van der Waals surface area contributed by atoms with Gasteiger partial charge in [-0.1, -0.05) is 0 Å². The minimum atomic E-state index is 0.780. The smallest absolute Gasteiger partial charge is 0.0470 e. The van der Waals surface area contributed by atoms with Crippen LogP contribution in [0.3, 0.4) is 0 Å². The van der Waals surface area contributed by atoms with Crippen LogP contribution in [0.15, 0.2) is 5.10 Å². The number of fused-ring (bicyclic) bond motifs is 1. The Bertz CT molecular complexity index is 154. The minimum Gasteiger partial charge on any atom is -0.294 e. The first-order valence-corrected chi connectivity index (χ1v) is 4.76. The Labute approximate surface area is 68.3 Å². The van der Waals surface area contributed by atoms with Crippen molar-refractivity contribution in [2.75, 3.05) is 6.54 Å². The number of rotatable bonds is 0. The summed E-state index contributed by atoms with van der Waals surface area (Å²) < 4.78 is 0. The molecule has 2 heteroatoms. The summed E-state index contributed by atoms with van der Waals surface area (Å²) in [5.74, 6) is 0. The lowest BCUT2D eigenvalue weighted by atomic mass is 10.00. The van der Waals surface area contributed by atoms with Crippen LogP contribution in [0.5, 0.6) is 0 Å². The zero-order valence-electron chi connectivity index (χ0n) is 7.00. The molecule has 0 amide bonds. The number of nitrogens with zero attached hydrogens (tertiary/aromatic N) is 2. The summed E-state index contributed by atoms with van der Waals surface area (Å²) in [6, 6.07) is 0.780. The second-order valence-corrected chi connectivity index (χ2v) is 3.54. The molecule has 1 fully saturated rings. The molecule has 1 atom stereocenters. The highest BCUT2D eigenvalue weighted by Crippen LogP contribution is 2.22. The van der Waals surface area contributed by atoms with Gasteiger partial charge in [-0.3, -0.25) is 5.01 Å². The summed E-state index contributed by atoms with van der Waals surface area (Å²) in [7, 11) is 0. The molecule has 2 aliphatic heterocycles. The van der Waals surface area contributed by atoms with Crippen molar-refractivity contribution in [1.29, 1.82) is 0 Å². The maximum absolute atomic E-state index is 4.45. The molecule has 2 heterocycles. The summed E-state index contributed by atoms with van der Waals surface area (Å²) in [5, 5.41) is 6.76. The van der Waals surface area contributed by atoms with Gasteiger partial charge in [0, 0.05) is 18.8 Å². The van der Waals surface area contributed by atoms with Crippen LogP contribution in [-0.4, -0.2) is 23.8 Å². The zero-order chi connectivity index (χ0) is 7.52. The molecule has 62 valence electrons. The van der Waals surface area contributed by atoms with Crippen molar-refractivity contribution in [3.05, 3.63) is 0 Å². The summed E-state index contributed by atoms with van der Waals surface area (Å²) in [6.45, 7) is 1.20. The number of hydrogen-bond donors (Lipinski definition) is 0. The molecule has 0 aromatic rings. The second kappa shape index (κ2) is 3.24. The third kappa shape index (κ3) is 1.55. The Hall–Kier alpha value is -0.530. The highest BCUT2D eigenvalue weighted by Gasteiger charge is 2.21. The van der Waals surface area contributed by atoms with E-state index in [0.29, 0.717) is 0 Å². The van der Waals surface area contributed by atoms with Crippen LogP contribution in [-0.2, 0) is 0 Å². The zero-order valence-corrected chi connectivity index (χ0v) is 7.00. The van der Waals surface area contributed by atoms with Gasteiger partial charge in [0.25, 0.3) is 0 Å². The molecule has 11 heavy (non-hydrogen) atoms. The molecule has 0 radical (unpaired) electrons. The van der Waals surface area contributed by atoms with E-state index in [1.165, 1.54) is 45.1 Å². The maximum Gasteiger partial charge on any atom is 0.0470 e. The normalized spacial score (nSPS) is 31.3. The van der Waals surface area contributed by atoms with Gasteiger partial charge >= 0.3 is 0 Å². The molecular formula is C9H16N2. The average molecular weight is 152 g/mol. The Balaban J connectivity index is 2.02. The van der Waals surface area contributed by atoms with Crippen molar-refractivity contribution >= 4 is 6.21 Å². The molecule has 0 aromatic heterocycles. The number of hydrogen-bond acceptors (Lipinski definition) is 2. The van der Waals surface area contributed by atoms with Gasteiger partial charge in [0.05, 0.1) is 0 Å². The third-order valence-corrected chi connectivity index (χ3v) is 2.70. The van der Waals surface area contributed by atoms with E-state index < -0.39 is 0 Å². The first kappa shape index (κ1) is 7.14. The molecule has 1 unspecified atom stereocenters. The van der Waals surface area contributed by atoms with Gasteiger partial charge in [-0.15, -0.1) is 0 Å². The summed E-state index contributed by atoms with van der Waals surface area (Å²) in [5.41, 5.74) is 0. The largest absolute Gasteiger partial charge is 0.294 e. The Morgan fingerprint density at radius 2 is 2.09 bits per heavy atom. The van der Waals surface area contributed by atoms with Crippen LogP contribution in [0, 0.1) is 0 Å². The van der Waals surface area contributed by atoms with Crippen LogP contribution < -0.4 is 0 Å². The Morgan fingerprint density at radius 1 is 1.18 bits per heavy atom. The topological polar surface area (TPSA) is 15.6 Å². The predicted octanol–water partition coefficient (Wildman–Crippen LogP) is 2.01. The maximum atomic E-state index is 4.45. The van der Waals surface area contributed by atoms with E-state index in [-0.39, 0.29) is 0 Å². The molecular weight excluding hydrogens is 136 g/mol. The van der Waals surface area contributed by atoms with E-state index in [1.807, 2.05) is 0 Å². The van der Waals surface area contributed by atoms with Crippen molar-refractivity contribution in [1.82, 2.24) is 5.01 Å². The first-order chi connectivity index (χ1) is 5.47. The molecule has 0 aromatic carbocycles. The van der Waals surface area contributed by atoms with Crippen molar-refractivity contribution in [3.8, 4) is 0 Å².